The fourth-order valence-corrected chi connectivity index (χ4v) is 8.68. The highest BCUT2D eigenvalue weighted by Gasteiger charge is 2.61. The van der Waals surface area contributed by atoms with Crippen LogP contribution in [-0.2, 0) is 52.1 Å². The lowest BCUT2D eigenvalue weighted by Crippen LogP contribution is -2.54. The summed E-state index contributed by atoms with van der Waals surface area (Å²) in [5, 5.41) is 7.70. The molecule has 2 aromatic carbocycles. The van der Waals surface area contributed by atoms with Crippen molar-refractivity contribution in [3.63, 3.8) is 0 Å². The van der Waals surface area contributed by atoms with E-state index in [-0.39, 0.29) is 43.1 Å². The van der Waals surface area contributed by atoms with Gasteiger partial charge in [0.2, 0.25) is 11.1 Å². The third-order valence-corrected chi connectivity index (χ3v) is 12.8. The number of benzene rings is 2. The van der Waals surface area contributed by atoms with Gasteiger partial charge in [0.25, 0.3) is 11.8 Å². The molecule has 0 radical (unpaired) electrons. The molecule has 4 amide bonds. The Morgan fingerprint density at radius 2 is 1.83 bits per heavy atom. The van der Waals surface area contributed by atoms with E-state index in [1.165, 1.54) is 27.2 Å². The van der Waals surface area contributed by atoms with Crippen molar-refractivity contribution in [1.82, 2.24) is 19.8 Å². The number of amides is 4. The monoisotopic (exact) mass is 763 g/mol. The molecule has 3 N–H and O–H groups in total. The summed E-state index contributed by atoms with van der Waals surface area (Å²) in [6.07, 6.45) is 2.45. The van der Waals surface area contributed by atoms with Gasteiger partial charge in [-0.05, 0) is 71.6 Å². The van der Waals surface area contributed by atoms with Crippen LogP contribution in [0.4, 0.5) is 10.5 Å². The minimum Gasteiger partial charge on any atom is -0.440 e. The Kier molecular flexibility index (Phi) is 10.3. The first-order chi connectivity index (χ1) is 25.0. The van der Waals surface area contributed by atoms with Gasteiger partial charge in [-0.3, -0.25) is 24.0 Å². The number of rotatable bonds is 11. The number of nitrogens with zero attached hydrogens (tertiary/aromatic N) is 2. The average molecular weight is 764 g/mol. The summed E-state index contributed by atoms with van der Waals surface area (Å²) in [4.78, 5) is 70.2. The molecule has 0 aromatic heterocycles. The third kappa shape index (κ3) is 7.74. The van der Waals surface area contributed by atoms with E-state index in [9.17, 15) is 28.2 Å². The molecular weight excluding hydrogens is 718 g/mol. The molecule has 12 nitrogen and oxygen atoms in total. The quantitative estimate of drug-likeness (QED) is 0.215. The highest BCUT2D eigenvalue weighted by Crippen LogP contribution is 2.45. The van der Waals surface area contributed by atoms with Crippen LogP contribution in [0.2, 0.25) is 5.02 Å². The van der Waals surface area contributed by atoms with Crippen LogP contribution in [0.15, 0.2) is 66.9 Å². The van der Waals surface area contributed by atoms with Gasteiger partial charge in [0.1, 0.15) is 33.1 Å². The summed E-state index contributed by atoms with van der Waals surface area (Å²) in [5.74, 6) is -2.77. The number of halogens is 1. The van der Waals surface area contributed by atoms with Gasteiger partial charge in [-0.2, -0.15) is 0 Å². The largest absolute Gasteiger partial charge is 0.440 e. The van der Waals surface area contributed by atoms with Crippen molar-refractivity contribution in [3.05, 3.63) is 88.6 Å². The zero-order valence-corrected chi connectivity index (χ0v) is 32.1. The second-order valence-electron chi connectivity index (χ2n) is 15.6. The maximum absolute atomic E-state index is 14.5. The van der Waals surface area contributed by atoms with Crippen LogP contribution in [-0.4, -0.2) is 72.5 Å². The minimum atomic E-state index is -3.45. The maximum atomic E-state index is 14.5. The second kappa shape index (κ2) is 14.3. The predicted molar refractivity (Wildman–Crippen MR) is 202 cm³/mol. The molecule has 0 bridgehead atoms. The zero-order valence-electron chi connectivity index (χ0n) is 30.6. The zero-order chi connectivity index (χ0) is 38.5. The fraction of sp³-hybridized carbons (Fsp3) is 0.462. The smallest absolute Gasteiger partial charge is 0.411 e. The van der Waals surface area contributed by atoms with E-state index in [2.05, 4.69) is 42.7 Å². The van der Waals surface area contributed by atoms with Crippen molar-refractivity contribution in [2.45, 2.75) is 95.3 Å². The standard InChI is InChI=1S/C39H46ClN5O7S/c1-7-25-18-39(25,36(49)43-53(51,22-46)29-14-15-29)42-34(47)32-17-28(52-37(50)44-19-24-10-8-13-31(40)30(24)21-44)20-45(32)35(48)33(23(2)3)41-27-12-9-11-26(16-27)38(4,5)6/h7-13,16-17,23,25,28-29,33,41H,1,14-15,18-21H2,2-6H3,(H,42,47)(H,43,49,51)/t25-,28-,33+,39-,53?/m1/s1. The van der Waals surface area contributed by atoms with E-state index in [1.54, 1.807) is 6.07 Å². The van der Waals surface area contributed by atoms with E-state index < -0.39 is 62.4 Å². The van der Waals surface area contributed by atoms with E-state index in [0.717, 1.165) is 22.4 Å². The van der Waals surface area contributed by atoms with Gasteiger partial charge in [0.05, 0.1) is 18.3 Å². The first-order valence-corrected chi connectivity index (χ1v) is 19.8. The molecule has 5 atom stereocenters. The molecule has 4 aliphatic rings. The Labute approximate surface area is 315 Å². The Morgan fingerprint density at radius 3 is 2.43 bits per heavy atom. The molecule has 2 aromatic rings. The molecule has 14 heteroatoms. The van der Waals surface area contributed by atoms with E-state index in [1.807, 2.05) is 50.2 Å². The van der Waals surface area contributed by atoms with Crippen molar-refractivity contribution in [3.8, 4) is 0 Å². The van der Waals surface area contributed by atoms with Crippen LogP contribution < -0.4 is 15.4 Å². The SMILES string of the molecule is C=C[C@@H]1C[C@]1(NC(=O)C1=C[C@@H](OC(=O)N2Cc3cccc(Cl)c3C2)CN1C(=O)[C@@H](Nc1cccc(C(C)(C)C)c1)C(C)C)C(=O)NS(=O)(=C=O)C1CC1. The molecule has 6 rings (SSSR count). The van der Waals surface area contributed by atoms with Crippen LogP contribution in [0.5, 0.6) is 0 Å². The number of carbonyl (C=O) groups excluding carboxylic acids is 5. The lowest BCUT2D eigenvalue weighted by atomic mass is 9.87. The van der Waals surface area contributed by atoms with E-state index in [4.69, 9.17) is 16.3 Å². The molecule has 282 valence electrons. The first kappa shape index (κ1) is 38.2. The molecular formula is C39H46ClN5O7S. The summed E-state index contributed by atoms with van der Waals surface area (Å²) < 4.78 is 21.4. The van der Waals surface area contributed by atoms with E-state index >= 15 is 0 Å². The number of hydrogen-bond acceptors (Lipinski definition) is 8. The van der Waals surface area contributed by atoms with Crippen LogP contribution in [0, 0.1) is 11.8 Å². The summed E-state index contributed by atoms with van der Waals surface area (Å²) in [6, 6.07) is 12.5. The molecule has 2 aliphatic heterocycles. The maximum Gasteiger partial charge on any atom is 0.411 e. The molecule has 1 unspecified atom stereocenters. The Balaban J connectivity index is 1.27. The molecule has 2 heterocycles. The molecule has 53 heavy (non-hydrogen) atoms. The summed E-state index contributed by atoms with van der Waals surface area (Å²) in [6.45, 7) is 14.2. The third-order valence-electron chi connectivity index (χ3n) is 10.3. The molecule has 2 saturated carbocycles. The highest BCUT2D eigenvalue weighted by atomic mass is 35.5. The van der Waals surface area contributed by atoms with E-state index in [0.29, 0.717) is 17.9 Å². The number of hydrogen-bond donors (Lipinski definition) is 3. The van der Waals surface area contributed by atoms with Gasteiger partial charge in [0, 0.05) is 23.2 Å². The first-order valence-electron chi connectivity index (χ1n) is 17.8. The van der Waals surface area contributed by atoms with Gasteiger partial charge in [-0.1, -0.05) is 76.6 Å². The predicted octanol–water partition coefficient (Wildman–Crippen LogP) is 4.93. The van der Waals surface area contributed by atoms with Crippen LogP contribution in [0.25, 0.3) is 0 Å². The summed E-state index contributed by atoms with van der Waals surface area (Å²) >= 11 is 6.37. The van der Waals surface area contributed by atoms with Crippen molar-refractivity contribution >= 4 is 56.0 Å². The normalized spacial score (nSPS) is 23.6. The number of carbonyl (C=O) groups is 4. The van der Waals surface area contributed by atoms with Gasteiger partial charge in [-0.15, -0.1) is 6.58 Å². The molecule has 2 fully saturated rings. The topological polar surface area (TPSA) is 154 Å². The molecule has 0 saturated heterocycles. The summed E-state index contributed by atoms with van der Waals surface area (Å²) in [7, 11) is -3.45. The van der Waals surface area contributed by atoms with Crippen LogP contribution >= 0.6 is 11.6 Å². The average Bonchev–Trinajstić information content (AvgIpc) is 4.00. The Bertz CT molecular complexity index is 2040. The lowest BCUT2D eigenvalue weighted by Gasteiger charge is -2.30. The molecule has 2 aliphatic carbocycles. The van der Waals surface area contributed by atoms with Crippen molar-refractivity contribution in [2.24, 2.45) is 11.8 Å². The Morgan fingerprint density at radius 1 is 1.11 bits per heavy atom. The van der Waals surface area contributed by atoms with Gasteiger partial charge in [0.15, 0.2) is 0 Å². The summed E-state index contributed by atoms with van der Waals surface area (Å²) in [5.41, 5.74) is 1.72. The van der Waals surface area contributed by atoms with Crippen LogP contribution in [0.1, 0.15) is 70.6 Å². The number of anilines is 1. The fourth-order valence-electron chi connectivity index (χ4n) is 6.83. The van der Waals surface area contributed by atoms with Gasteiger partial charge in [-0.25, -0.2) is 13.8 Å². The molecule has 0 spiro atoms. The van der Waals surface area contributed by atoms with Crippen molar-refractivity contribution in [2.75, 3.05) is 11.9 Å². The minimum absolute atomic E-state index is 0.108. The van der Waals surface area contributed by atoms with Gasteiger partial charge >= 0.3 is 6.09 Å². The second-order valence-corrected chi connectivity index (χ2v) is 18.3. The van der Waals surface area contributed by atoms with Gasteiger partial charge < -0.3 is 20.3 Å². The number of fused-ring (bicyclic) bond motifs is 1. The Hall–Kier alpha value is -4.58. The number of nitrogens with one attached hydrogen (secondary N) is 3. The lowest BCUT2D eigenvalue weighted by molar-refractivity contribution is -0.134. The van der Waals surface area contributed by atoms with Crippen molar-refractivity contribution < 1.29 is 32.9 Å². The highest BCUT2D eigenvalue weighted by molar-refractivity contribution is 8.00. The van der Waals surface area contributed by atoms with Crippen molar-refractivity contribution in [1.29, 1.82) is 0 Å². The van der Waals surface area contributed by atoms with Crippen LogP contribution in [0.3, 0.4) is 0 Å². The number of ether oxygens (including phenoxy) is 1.